The molecule has 0 radical (unpaired) electrons. The van der Waals surface area contributed by atoms with Crippen molar-refractivity contribution in [3.8, 4) is 5.75 Å². The third-order valence-electron chi connectivity index (χ3n) is 3.20. The monoisotopic (exact) mass is 265 g/mol. The van der Waals surface area contributed by atoms with E-state index < -0.39 is 5.60 Å². The fourth-order valence-corrected chi connectivity index (χ4v) is 1.49. The largest absolute Gasteiger partial charge is 0.508 e. The second-order valence-electron chi connectivity index (χ2n) is 4.44. The second kappa shape index (κ2) is 6.33. The molecule has 0 aliphatic heterocycles. The van der Waals surface area contributed by atoms with Gasteiger partial charge in [0.2, 0.25) is 0 Å². The van der Waals surface area contributed by atoms with Crippen molar-refractivity contribution in [2.45, 2.75) is 25.9 Å². The summed E-state index contributed by atoms with van der Waals surface area (Å²) in [6, 6.07) is 5.89. The van der Waals surface area contributed by atoms with Crippen molar-refractivity contribution in [1.82, 2.24) is 5.32 Å². The summed E-state index contributed by atoms with van der Waals surface area (Å²) in [4.78, 5) is 23.7. The predicted octanol–water partition coefficient (Wildman–Crippen LogP) is 1.51. The van der Waals surface area contributed by atoms with Gasteiger partial charge in [-0.25, -0.2) is 0 Å². The Balaban J connectivity index is 2.60. The number of phenols is 1. The lowest BCUT2D eigenvalue weighted by atomic mass is 10.0. The third kappa shape index (κ3) is 3.79. The Bertz CT molecular complexity index is 449. The average Bonchev–Trinajstić information content (AvgIpc) is 2.44. The fraction of sp³-hybridized carbons (Fsp3) is 0.429. The molecule has 0 aromatic heterocycles. The summed E-state index contributed by atoms with van der Waals surface area (Å²) in [6.07, 6.45) is 0.517. The molecule has 0 saturated carbocycles. The van der Waals surface area contributed by atoms with E-state index in [-0.39, 0.29) is 24.0 Å². The Kier molecular flexibility index (Phi) is 5.06. The van der Waals surface area contributed by atoms with Gasteiger partial charge in [0.25, 0.3) is 5.91 Å². The number of hydrogen-bond donors (Lipinski definition) is 2. The van der Waals surface area contributed by atoms with E-state index in [1.165, 1.54) is 31.4 Å². The minimum absolute atomic E-state index is 0.0947. The van der Waals surface area contributed by atoms with Gasteiger partial charge in [0, 0.05) is 12.7 Å². The number of carbonyl (C=O) groups excluding carboxylic acids is 2. The van der Waals surface area contributed by atoms with Gasteiger partial charge in [-0.3, -0.25) is 9.59 Å². The van der Waals surface area contributed by atoms with E-state index in [0.717, 1.165) is 0 Å². The summed E-state index contributed by atoms with van der Waals surface area (Å²) >= 11 is 0. The zero-order valence-corrected chi connectivity index (χ0v) is 11.4. The van der Waals surface area contributed by atoms with Crippen molar-refractivity contribution >= 4 is 11.7 Å². The third-order valence-corrected chi connectivity index (χ3v) is 3.20. The molecule has 19 heavy (non-hydrogen) atoms. The summed E-state index contributed by atoms with van der Waals surface area (Å²) in [5, 5.41) is 11.7. The van der Waals surface area contributed by atoms with E-state index in [1.807, 2.05) is 6.92 Å². The number of nitrogens with one attached hydrogen (secondary N) is 1. The number of phenolic OH excluding ortho intramolecular Hbond substituents is 1. The molecule has 0 heterocycles. The van der Waals surface area contributed by atoms with Crippen LogP contribution in [0.4, 0.5) is 0 Å². The van der Waals surface area contributed by atoms with E-state index in [4.69, 9.17) is 9.84 Å². The van der Waals surface area contributed by atoms with Crippen molar-refractivity contribution in [3.63, 3.8) is 0 Å². The summed E-state index contributed by atoms with van der Waals surface area (Å²) in [6.45, 7) is 3.42. The van der Waals surface area contributed by atoms with Gasteiger partial charge >= 0.3 is 0 Å². The van der Waals surface area contributed by atoms with Crippen LogP contribution in [0.15, 0.2) is 24.3 Å². The van der Waals surface area contributed by atoms with Gasteiger partial charge in [-0.2, -0.15) is 0 Å². The molecule has 5 nitrogen and oxygen atoms in total. The smallest absolute Gasteiger partial charge is 0.252 e. The van der Waals surface area contributed by atoms with Gasteiger partial charge in [-0.05, 0) is 37.6 Å². The Morgan fingerprint density at radius 1 is 1.32 bits per heavy atom. The highest BCUT2D eigenvalue weighted by atomic mass is 16.5. The zero-order chi connectivity index (χ0) is 14.5. The van der Waals surface area contributed by atoms with Crippen LogP contribution in [0.1, 0.15) is 30.6 Å². The van der Waals surface area contributed by atoms with Crippen molar-refractivity contribution in [1.29, 1.82) is 0 Å². The SMILES string of the molecule is CCC(C)(OC)C(=O)NCC(=O)c1ccc(O)cc1. The van der Waals surface area contributed by atoms with Crippen LogP contribution in [-0.4, -0.2) is 36.1 Å². The number of methoxy groups -OCH3 is 1. The molecule has 1 aromatic rings. The molecule has 0 aliphatic rings. The van der Waals surface area contributed by atoms with Crippen molar-refractivity contribution in [2.75, 3.05) is 13.7 Å². The minimum Gasteiger partial charge on any atom is -0.508 e. The maximum atomic E-state index is 11.9. The van der Waals surface area contributed by atoms with Gasteiger partial charge in [0.15, 0.2) is 5.78 Å². The molecule has 1 rings (SSSR count). The molecule has 1 aromatic carbocycles. The molecule has 0 fully saturated rings. The number of ketones is 1. The molecule has 0 bridgehead atoms. The Labute approximate surface area is 112 Å². The molecule has 5 heteroatoms. The number of aromatic hydroxyl groups is 1. The lowest BCUT2D eigenvalue weighted by molar-refractivity contribution is -0.141. The maximum absolute atomic E-state index is 11.9. The molecule has 1 atom stereocenters. The van der Waals surface area contributed by atoms with E-state index in [2.05, 4.69) is 5.32 Å². The van der Waals surface area contributed by atoms with Crippen LogP contribution in [0.3, 0.4) is 0 Å². The first-order valence-corrected chi connectivity index (χ1v) is 6.08. The minimum atomic E-state index is -0.921. The number of Topliss-reactive ketones (excluding diaryl/α,β-unsaturated/α-hetero) is 1. The van der Waals surface area contributed by atoms with Crippen molar-refractivity contribution in [3.05, 3.63) is 29.8 Å². The van der Waals surface area contributed by atoms with Gasteiger partial charge in [-0.15, -0.1) is 0 Å². The molecule has 1 unspecified atom stereocenters. The molecular weight excluding hydrogens is 246 g/mol. The Morgan fingerprint density at radius 2 is 1.89 bits per heavy atom. The summed E-state index contributed by atoms with van der Waals surface area (Å²) < 4.78 is 5.15. The Hall–Kier alpha value is -1.88. The molecule has 0 spiro atoms. The molecule has 0 saturated heterocycles. The van der Waals surface area contributed by atoms with Gasteiger partial charge in [0.05, 0.1) is 6.54 Å². The number of benzene rings is 1. The van der Waals surface area contributed by atoms with E-state index in [0.29, 0.717) is 12.0 Å². The molecule has 104 valence electrons. The highest BCUT2D eigenvalue weighted by molar-refractivity contribution is 6.00. The lowest BCUT2D eigenvalue weighted by Crippen LogP contribution is -2.47. The molecule has 0 aliphatic carbocycles. The number of ether oxygens (including phenoxy) is 1. The van der Waals surface area contributed by atoms with Crippen LogP contribution < -0.4 is 5.32 Å². The topological polar surface area (TPSA) is 75.6 Å². The first kappa shape index (κ1) is 15.2. The van der Waals surface area contributed by atoms with Crippen LogP contribution in [-0.2, 0) is 9.53 Å². The Morgan fingerprint density at radius 3 is 2.37 bits per heavy atom. The number of carbonyl (C=O) groups is 2. The number of rotatable bonds is 6. The summed E-state index contributed by atoms with van der Waals surface area (Å²) in [5.41, 5.74) is -0.483. The number of amides is 1. The first-order chi connectivity index (χ1) is 8.92. The van der Waals surface area contributed by atoms with E-state index >= 15 is 0 Å². The second-order valence-corrected chi connectivity index (χ2v) is 4.44. The van der Waals surface area contributed by atoms with Crippen LogP contribution in [0.5, 0.6) is 5.75 Å². The quantitative estimate of drug-likeness (QED) is 0.764. The maximum Gasteiger partial charge on any atom is 0.252 e. The fourth-order valence-electron chi connectivity index (χ4n) is 1.49. The zero-order valence-electron chi connectivity index (χ0n) is 11.4. The van der Waals surface area contributed by atoms with Gasteiger partial charge in [-0.1, -0.05) is 6.92 Å². The standard InChI is InChI=1S/C14H19NO4/c1-4-14(2,19-3)13(18)15-9-12(17)10-5-7-11(16)8-6-10/h5-8,16H,4,9H2,1-3H3,(H,15,18). The van der Waals surface area contributed by atoms with Gasteiger partial charge < -0.3 is 15.2 Å². The van der Waals surface area contributed by atoms with E-state index in [1.54, 1.807) is 6.92 Å². The lowest BCUT2D eigenvalue weighted by Gasteiger charge is -2.24. The van der Waals surface area contributed by atoms with Crippen LogP contribution in [0.25, 0.3) is 0 Å². The summed E-state index contributed by atoms with van der Waals surface area (Å²) in [5.74, 6) is -0.439. The highest BCUT2D eigenvalue weighted by Crippen LogP contribution is 2.14. The average molecular weight is 265 g/mol. The number of hydrogen-bond acceptors (Lipinski definition) is 4. The molecule has 1 amide bonds. The molecule has 2 N–H and O–H groups in total. The summed E-state index contributed by atoms with van der Waals surface area (Å²) in [7, 11) is 1.46. The van der Waals surface area contributed by atoms with E-state index in [9.17, 15) is 9.59 Å². The predicted molar refractivity (Wildman–Crippen MR) is 71.2 cm³/mol. The van der Waals surface area contributed by atoms with Crippen LogP contribution in [0.2, 0.25) is 0 Å². The first-order valence-electron chi connectivity index (χ1n) is 6.08. The van der Waals surface area contributed by atoms with Crippen LogP contribution >= 0.6 is 0 Å². The van der Waals surface area contributed by atoms with Crippen molar-refractivity contribution < 1.29 is 19.4 Å². The normalized spacial score (nSPS) is 13.6. The molecular formula is C14H19NO4. The van der Waals surface area contributed by atoms with Crippen LogP contribution in [0, 0.1) is 0 Å². The highest BCUT2D eigenvalue weighted by Gasteiger charge is 2.30. The van der Waals surface area contributed by atoms with Gasteiger partial charge in [0.1, 0.15) is 11.4 Å². The van der Waals surface area contributed by atoms with Crippen molar-refractivity contribution in [2.24, 2.45) is 0 Å².